The average Bonchev–Trinajstić information content (AvgIpc) is 2.06. The standard InChI is InChI=1S/C9H12N.C2H8Si.Ti/c1-8-6-4-5-7-9(8)10(2)3;1-3-2;/h4-7H,1H2,2-3H3;3H2,1-2H3;/q-1;;. The summed E-state index contributed by atoms with van der Waals surface area (Å²) in [6, 6.07) is 8.08. The summed E-state index contributed by atoms with van der Waals surface area (Å²) in [4.78, 5) is 2.06. The Morgan fingerprint density at radius 3 is 1.86 bits per heavy atom. The van der Waals surface area contributed by atoms with Gasteiger partial charge < -0.3 is 4.90 Å². The van der Waals surface area contributed by atoms with Gasteiger partial charge in [-0.1, -0.05) is 30.9 Å². The Kier molecular flexibility index (Phi) is 10.9. The molecular formula is C11H20NSiTi-. The maximum Gasteiger partial charge on any atom is 0.0135 e. The minimum atomic E-state index is 0. The van der Waals surface area contributed by atoms with Gasteiger partial charge in [-0.2, -0.15) is 18.6 Å². The van der Waals surface area contributed by atoms with E-state index in [1.165, 1.54) is 5.69 Å². The first-order chi connectivity index (χ1) is 6.13. The molecule has 1 rings (SSSR count). The van der Waals surface area contributed by atoms with Crippen LogP contribution in [-0.2, 0) is 21.7 Å². The summed E-state index contributed by atoms with van der Waals surface area (Å²) in [5.41, 5.74) is 2.26. The van der Waals surface area contributed by atoms with Gasteiger partial charge >= 0.3 is 0 Å². The number of para-hydroxylation sites is 1. The number of hydrogen-bond donors (Lipinski definition) is 0. The van der Waals surface area contributed by atoms with Crippen molar-refractivity contribution in [3.63, 3.8) is 0 Å². The molecule has 0 aliphatic carbocycles. The monoisotopic (exact) mass is 242 g/mol. The molecule has 0 saturated heterocycles. The van der Waals surface area contributed by atoms with Crippen LogP contribution in [0.15, 0.2) is 24.3 Å². The normalized spacial score (nSPS) is 8.00. The zero-order valence-electron chi connectivity index (χ0n) is 9.67. The van der Waals surface area contributed by atoms with Gasteiger partial charge in [0.1, 0.15) is 0 Å². The van der Waals surface area contributed by atoms with Crippen molar-refractivity contribution in [1.29, 1.82) is 0 Å². The summed E-state index contributed by atoms with van der Waals surface area (Å²) >= 11 is 0. The first kappa shape index (κ1) is 16.3. The third-order valence-electron chi connectivity index (χ3n) is 1.47. The zero-order chi connectivity index (χ0) is 10.3. The third-order valence-corrected chi connectivity index (χ3v) is 1.47. The summed E-state index contributed by atoms with van der Waals surface area (Å²) in [6.07, 6.45) is 0. The fourth-order valence-electron chi connectivity index (χ4n) is 0.947. The SMILES string of the molecule is C[SiH2]C.[CH2-]c1ccccc1N(C)C.[Ti]. The van der Waals surface area contributed by atoms with E-state index in [9.17, 15) is 0 Å². The van der Waals surface area contributed by atoms with Crippen LogP contribution in [0.25, 0.3) is 0 Å². The van der Waals surface area contributed by atoms with Crippen LogP contribution in [0.2, 0.25) is 13.1 Å². The molecule has 0 fully saturated rings. The van der Waals surface area contributed by atoms with E-state index in [2.05, 4.69) is 31.0 Å². The maximum absolute atomic E-state index is 3.90. The molecule has 0 radical (unpaired) electrons. The molecule has 0 saturated carbocycles. The molecule has 0 aliphatic heterocycles. The van der Waals surface area contributed by atoms with E-state index in [1.807, 2.05) is 32.3 Å². The van der Waals surface area contributed by atoms with Crippen molar-refractivity contribution >= 4 is 15.2 Å². The number of benzene rings is 1. The minimum absolute atomic E-state index is 0. The first-order valence-corrected chi connectivity index (χ1v) is 7.54. The summed E-state index contributed by atoms with van der Waals surface area (Å²) < 4.78 is 0. The second-order valence-corrected chi connectivity index (χ2v) is 4.64. The molecule has 14 heavy (non-hydrogen) atoms. The van der Waals surface area contributed by atoms with Crippen molar-refractivity contribution in [3.05, 3.63) is 36.8 Å². The molecule has 0 spiro atoms. The molecule has 3 heteroatoms. The maximum atomic E-state index is 3.90. The Hall–Kier alpha value is -0.179. The number of rotatable bonds is 1. The quantitative estimate of drug-likeness (QED) is 0.539. The Balaban J connectivity index is 0. The third kappa shape index (κ3) is 6.30. The van der Waals surface area contributed by atoms with E-state index in [0.717, 1.165) is 5.56 Å². The van der Waals surface area contributed by atoms with Gasteiger partial charge in [0, 0.05) is 31.2 Å². The van der Waals surface area contributed by atoms with E-state index in [4.69, 9.17) is 0 Å². The first-order valence-electron chi connectivity index (χ1n) is 4.71. The molecule has 1 aromatic carbocycles. The molecule has 1 nitrogen and oxygen atoms in total. The molecule has 0 aromatic heterocycles. The molecule has 0 atom stereocenters. The topological polar surface area (TPSA) is 3.24 Å². The van der Waals surface area contributed by atoms with E-state index in [1.54, 1.807) is 0 Å². The van der Waals surface area contributed by atoms with Crippen molar-refractivity contribution in [2.45, 2.75) is 13.1 Å². The van der Waals surface area contributed by atoms with Gasteiger partial charge in [-0.25, -0.2) is 0 Å². The molecule has 78 valence electrons. The van der Waals surface area contributed by atoms with Crippen LogP contribution in [0.3, 0.4) is 0 Å². The smallest absolute Gasteiger partial charge is 0.0135 e. The Morgan fingerprint density at radius 2 is 1.57 bits per heavy atom. The van der Waals surface area contributed by atoms with E-state index < -0.39 is 0 Å². The van der Waals surface area contributed by atoms with Crippen LogP contribution < -0.4 is 4.90 Å². The van der Waals surface area contributed by atoms with Gasteiger partial charge in [0.15, 0.2) is 0 Å². The molecule has 0 unspecified atom stereocenters. The molecule has 0 bridgehead atoms. The van der Waals surface area contributed by atoms with E-state index in [0.29, 0.717) is 9.52 Å². The fourth-order valence-corrected chi connectivity index (χ4v) is 0.947. The molecule has 1 aromatic rings. The fraction of sp³-hybridized carbons (Fsp3) is 0.364. The van der Waals surface area contributed by atoms with Crippen LogP contribution in [0.5, 0.6) is 0 Å². The minimum Gasteiger partial charge on any atom is -0.428 e. The summed E-state index contributed by atoms with van der Waals surface area (Å²) in [7, 11) is 4.45. The second-order valence-electron chi connectivity index (χ2n) is 3.23. The van der Waals surface area contributed by atoms with Gasteiger partial charge in [0.05, 0.1) is 0 Å². The van der Waals surface area contributed by atoms with Gasteiger partial charge in [-0.3, -0.25) is 0 Å². The summed E-state index contributed by atoms with van der Waals surface area (Å²) in [5.74, 6) is 0. The molecule has 0 N–H and O–H groups in total. The van der Waals surface area contributed by atoms with E-state index in [-0.39, 0.29) is 21.7 Å². The predicted molar refractivity (Wildman–Crippen MR) is 65.5 cm³/mol. The number of hydrogen-bond acceptors (Lipinski definition) is 1. The van der Waals surface area contributed by atoms with Gasteiger partial charge in [0.2, 0.25) is 0 Å². The van der Waals surface area contributed by atoms with Gasteiger partial charge in [-0.15, -0.1) is 6.07 Å². The predicted octanol–water partition coefficient (Wildman–Crippen LogP) is 2.18. The van der Waals surface area contributed by atoms with Crippen LogP contribution in [0.4, 0.5) is 5.69 Å². The van der Waals surface area contributed by atoms with Crippen LogP contribution in [0, 0.1) is 6.92 Å². The van der Waals surface area contributed by atoms with Crippen LogP contribution >= 0.6 is 0 Å². The van der Waals surface area contributed by atoms with Gasteiger partial charge in [0.25, 0.3) is 0 Å². The van der Waals surface area contributed by atoms with Gasteiger partial charge in [-0.05, 0) is 14.1 Å². The molecule has 0 aliphatic rings. The Morgan fingerprint density at radius 1 is 1.14 bits per heavy atom. The van der Waals surface area contributed by atoms with E-state index >= 15 is 0 Å². The Bertz CT molecular complexity index is 238. The number of nitrogens with zero attached hydrogens (tertiary/aromatic N) is 1. The van der Waals surface area contributed by atoms with Crippen molar-refractivity contribution in [2.24, 2.45) is 0 Å². The van der Waals surface area contributed by atoms with Crippen LogP contribution in [-0.4, -0.2) is 23.6 Å². The Labute approximate surface area is 106 Å². The largest absolute Gasteiger partial charge is 0.428 e. The van der Waals surface area contributed by atoms with Crippen molar-refractivity contribution < 1.29 is 21.7 Å². The average molecular weight is 242 g/mol. The summed E-state index contributed by atoms with van der Waals surface area (Å²) in [6.45, 7) is 8.43. The zero-order valence-corrected chi connectivity index (χ0v) is 12.6. The van der Waals surface area contributed by atoms with Crippen LogP contribution in [0.1, 0.15) is 5.56 Å². The van der Waals surface area contributed by atoms with Crippen molar-refractivity contribution in [3.8, 4) is 0 Å². The van der Waals surface area contributed by atoms with Crippen molar-refractivity contribution in [2.75, 3.05) is 19.0 Å². The summed E-state index contributed by atoms with van der Waals surface area (Å²) in [5, 5.41) is 0. The second kappa shape index (κ2) is 9.38. The van der Waals surface area contributed by atoms with Crippen molar-refractivity contribution in [1.82, 2.24) is 0 Å². The number of anilines is 1. The molecule has 0 amide bonds. The molecule has 0 heterocycles. The molecular weight excluding hydrogens is 222 g/mol.